The van der Waals surface area contributed by atoms with Gasteiger partial charge in [-0.05, 0) is 6.07 Å². The predicted octanol–water partition coefficient (Wildman–Crippen LogP) is 2.10. The molecule has 0 aliphatic rings. The first kappa shape index (κ1) is 12.9. The van der Waals surface area contributed by atoms with Crippen molar-refractivity contribution in [1.29, 1.82) is 0 Å². The Bertz CT molecular complexity index is 436. The summed E-state index contributed by atoms with van der Waals surface area (Å²) in [6, 6.07) is 1.13. The molecule has 0 saturated carbocycles. The van der Waals surface area contributed by atoms with Gasteiger partial charge in [-0.25, -0.2) is 14.2 Å². The molecule has 17 heavy (non-hydrogen) atoms. The quantitative estimate of drug-likeness (QED) is 0.768. The number of rotatable bonds is 6. The first-order chi connectivity index (χ1) is 8.11. The van der Waals surface area contributed by atoms with Crippen LogP contribution in [0.3, 0.4) is 0 Å². The van der Waals surface area contributed by atoms with E-state index in [4.69, 9.17) is 5.11 Å². The zero-order valence-electron chi connectivity index (χ0n) is 9.27. The second-order valence-corrected chi connectivity index (χ2v) is 3.28. The van der Waals surface area contributed by atoms with Crippen LogP contribution >= 0.6 is 0 Å². The number of aromatic nitrogens is 1. The lowest BCUT2D eigenvalue weighted by atomic mass is 10.2. The van der Waals surface area contributed by atoms with E-state index in [1.165, 1.54) is 6.20 Å². The van der Waals surface area contributed by atoms with Crippen molar-refractivity contribution in [2.45, 2.75) is 0 Å². The second kappa shape index (κ2) is 5.79. The van der Waals surface area contributed by atoms with Gasteiger partial charge in [0.15, 0.2) is 11.6 Å². The van der Waals surface area contributed by atoms with Crippen LogP contribution in [-0.4, -0.2) is 29.1 Å². The Hall–Kier alpha value is -2.17. The summed E-state index contributed by atoms with van der Waals surface area (Å²) in [4.78, 5) is 16.2. The predicted molar refractivity (Wildman–Crippen MR) is 63.8 cm³/mol. The number of pyridine rings is 1. The molecule has 1 rings (SSSR count). The van der Waals surface area contributed by atoms with Crippen LogP contribution in [-0.2, 0) is 0 Å². The molecule has 0 fully saturated rings. The van der Waals surface area contributed by atoms with Crippen molar-refractivity contribution >= 4 is 11.8 Å². The summed E-state index contributed by atoms with van der Waals surface area (Å²) in [5.74, 6) is -2.17. The van der Waals surface area contributed by atoms with Crippen LogP contribution in [0.4, 0.5) is 10.2 Å². The van der Waals surface area contributed by atoms with E-state index in [1.54, 1.807) is 17.1 Å². The van der Waals surface area contributed by atoms with Gasteiger partial charge in [0, 0.05) is 19.3 Å². The Morgan fingerprint density at radius 1 is 1.47 bits per heavy atom. The molecule has 4 nitrogen and oxygen atoms in total. The topological polar surface area (TPSA) is 53.4 Å². The minimum absolute atomic E-state index is 0.00954. The summed E-state index contributed by atoms with van der Waals surface area (Å²) < 4.78 is 13.9. The molecule has 0 bridgehead atoms. The molecule has 1 N–H and O–H groups in total. The van der Waals surface area contributed by atoms with Crippen molar-refractivity contribution in [1.82, 2.24) is 4.98 Å². The van der Waals surface area contributed by atoms with Gasteiger partial charge < -0.3 is 10.0 Å². The molecule has 0 atom stereocenters. The number of carboxylic acids is 1. The summed E-state index contributed by atoms with van der Waals surface area (Å²) in [6.45, 7) is 7.83. The largest absolute Gasteiger partial charge is 0.478 e. The van der Waals surface area contributed by atoms with E-state index >= 15 is 0 Å². The highest BCUT2D eigenvalue weighted by Gasteiger charge is 2.18. The zero-order valence-corrected chi connectivity index (χ0v) is 9.27. The number of aromatic carboxylic acids is 1. The molecule has 5 heteroatoms. The van der Waals surface area contributed by atoms with Gasteiger partial charge in [0.2, 0.25) is 0 Å². The molecule has 1 heterocycles. The Kier molecular flexibility index (Phi) is 4.39. The number of anilines is 1. The van der Waals surface area contributed by atoms with Crippen molar-refractivity contribution in [3.63, 3.8) is 0 Å². The molecular formula is C12H13FN2O2. The molecule has 0 radical (unpaired) electrons. The van der Waals surface area contributed by atoms with E-state index in [2.05, 4.69) is 18.1 Å². The summed E-state index contributed by atoms with van der Waals surface area (Å²) in [6.07, 6.45) is 4.43. The van der Waals surface area contributed by atoms with Crippen LogP contribution in [0.25, 0.3) is 0 Å². The Morgan fingerprint density at radius 3 is 2.53 bits per heavy atom. The van der Waals surface area contributed by atoms with Crippen LogP contribution < -0.4 is 4.90 Å². The van der Waals surface area contributed by atoms with Crippen LogP contribution in [0.2, 0.25) is 0 Å². The summed E-state index contributed by atoms with van der Waals surface area (Å²) in [5.41, 5.74) is -0.395. The highest BCUT2D eigenvalue weighted by molar-refractivity contribution is 5.88. The molecule has 1 aromatic heterocycles. The molecule has 0 saturated heterocycles. The maximum atomic E-state index is 13.9. The van der Waals surface area contributed by atoms with Gasteiger partial charge >= 0.3 is 5.97 Å². The average molecular weight is 236 g/mol. The van der Waals surface area contributed by atoms with Crippen molar-refractivity contribution < 1.29 is 14.3 Å². The minimum atomic E-state index is -1.32. The molecule has 0 aromatic carbocycles. The zero-order chi connectivity index (χ0) is 12.8. The van der Waals surface area contributed by atoms with Gasteiger partial charge in [0.1, 0.15) is 5.56 Å². The third-order valence-corrected chi connectivity index (χ3v) is 2.10. The van der Waals surface area contributed by atoms with Crippen LogP contribution in [0.5, 0.6) is 0 Å². The number of hydrogen-bond donors (Lipinski definition) is 1. The first-order valence-corrected chi connectivity index (χ1v) is 4.96. The molecule has 0 unspecified atom stereocenters. The lowest BCUT2D eigenvalue weighted by molar-refractivity contribution is 0.0692. The summed E-state index contributed by atoms with van der Waals surface area (Å²) in [7, 11) is 0. The highest BCUT2D eigenvalue weighted by atomic mass is 19.1. The maximum Gasteiger partial charge on any atom is 0.338 e. The van der Waals surface area contributed by atoms with E-state index in [-0.39, 0.29) is 5.82 Å². The maximum absolute atomic E-state index is 13.9. The van der Waals surface area contributed by atoms with Gasteiger partial charge in [-0.1, -0.05) is 12.2 Å². The van der Waals surface area contributed by atoms with E-state index in [1.807, 2.05) is 0 Å². The Balaban J connectivity index is 3.18. The second-order valence-electron chi connectivity index (χ2n) is 3.28. The average Bonchev–Trinajstić information content (AvgIpc) is 2.29. The fourth-order valence-corrected chi connectivity index (χ4v) is 1.38. The van der Waals surface area contributed by atoms with E-state index in [0.717, 1.165) is 6.07 Å². The van der Waals surface area contributed by atoms with Crippen molar-refractivity contribution in [3.8, 4) is 0 Å². The fourth-order valence-electron chi connectivity index (χ4n) is 1.38. The van der Waals surface area contributed by atoms with Gasteiger partial charge in [0.05, 0.1) is 0 Å². The molecule has 0 amide bonds. The molecule has 0 aliphatic heterocycles. The standard InChI is InChI=1S/C12H13FN2O2/c1-3-7-15(8-4-2)11-10(13)9(12(16)17)5-6-14-11/h3-6H,1-2,7-8H2,(H,16,17). The van der Waals surface area contributed by atoms with Crippen molar-refractivity contribution in [2.75, 3.05) is 18.0 Å². The van der Waals surface area contributed by atoms with E-state index in [9.17, 15) is 9.18 Å². The summed E-state index contributed by atoms with van der Waals surface area (Å²) in [5, 5.41) is 8.81. The third kappa shape index (κ3) is 2.90. The number of nitrogens with zero attached hydrogens (tertiary/aromatic N) is 2. The first-order valence-electron chi connectivity index (χ1n) is 4.96. The van der Waals surface area contributed by atoms with Gasteiger partial charge in [-0.2, -0.15) is 0 Å². The monoisotopic (exact) mass is 236 g/mol. The van der Waals surface area contributed by atoms with Crippen molar-refractivity contribution in [3.05, 3.63) is 49.0 Å². The van der Waals surface area contributed by atoms with Crippen LogP contribution in [0.15, 0.2) is 37.6 Å². The Morgan fingerprint density at radius 2 is 2.06 bits per heavy atom. The number of carboxylic acid groups (broad SMARTS) is 1. The van der Waals surface area contributed by atoms with Crippen LogP contribution in [0, 0.1) is 5.82 Å². The molecule has 0 spiro atoms. The summed E-state index contributed by atoms with van der Waals surface area (Å²) >= 11 is 0. The van der Waals surface area contributed by atoms with E-state index < -0.39 is 17.3 Å². The van der Waals surface area contributed by atoms with Gasteiger partial charge in [-0.3, -0.25) is 0 Å². The van der Waals surface area contributed by atoms with E-state index in [0.29, 0.717) is 13.1 Å². The third-order valence-electron chi connectivity index (χ3n) is 2.10. The lowest BCUT2D eigenvalue weighted by Crippen LogP contribution is -2.26. The van der Waals surface area contributed by atoms with Gasteiger partial charge in [0.25, 0.3) is 0 Å². The molecule has 1 aromatic rings. The lowest BCUT2D eigenvalue weighted by Gasteiger charge is -2.21. The molecular weight excluding hydrogens is 223 g/mol. The number of carbonyl (C=O) groups is 1. The smallest absolute Gasteiger partial charge is 0.338 e. The Labute approximate surface area is 98.7 Å². The van der Waals surface area contributed by atoms with Crippen molar-refractivity contribution in [2.24, 2.45) is 0 Å². The molecule has 0 aliphatic carbocycles. The fraction of sp³-hybridized carbons (Fsp3) is 0.167. The SMILES string of the molecule is C=CCN(CC=C)c1nccc(C(=O)O)c1F. The molecule has 90 valence electrons. The minimum Gasteiger partial charge on any atom is -0.478 e. The highest BCUT2D eigenvalue weighted by Crippen LogP contribution is 2.19. The normalized spacial score (nSPS) is 9.71. The number of hydrogen-bond acceptors (Lipinski definition) is 3. The van der Waals surface area contributed by atoms with Gasteiger partial charge in [-0.15, -0.1) is 13.2 Å². The van der Waals surface area contributed by atoms with Crippen LogP contribution in [0.1, 0.15) is 10.4 Å². The number of halogens is 1.